The van der Waals surface area contributed by atoms with Crippen LogP contribution in [0.3, 0.4) is 0 Å². The summed E-state index contributed by atoms with van der Waals surface area (Å²) in [7, 11) is 0. The molecule has 1 unspecified atom stereocenters. The molecule has 1 heterocycles. The first-order chi connectivity index (χ1) is 11.5. The topological polar surface area (TPSA) is 83.1 Å². The van der Waals surface area contributed by atoms with Gasteiger partial charge in [0.15, 0.2) is 0 Å². The molecule has 0 saturated heterocycles. The number of aryl methyl sites for hydroxylation is 1. The second-order valence-electron chi connectivity index (χ2n) is 5.40. The van der Waals surface area contributed by atoms with Gasteiger partial charge in [0.1, 0.15) is 0 Å². The maximum atomic E-state index is 12.0. The fraction of sp³-hybridized carbons (Fsp3) is 0.353. The van der Waals surface area contributed by atoms with Crippen molar-refractivity contribution in [1.82, 2.24) is 20.9 Å². The summed E-state index contributed by atoms with van der Waals surface area (Å²) in [5.74, 6) is -0.115. The summed E-state index contributed by atoms with van der Waals surface area (Å²) in [5, 5.41) is 11.3. The first kappa shape index (κ1) is 17.9. The molecule has 7 heteroatoms. The van der Waals surface area contributed by atoms with Crippen LogP contribution in [0.4, 0.5) is 4.79 Å². The molecule has 3 amide bonds. The zero-order valence-electron chi connectivity index (χ0n) is 14.1. The molecule has 2 aromatic rings. The monoisotopic (exact) mass is 346 g/mol. The van der Waals surface area contributed by atoms with Gasteiger partial charge in [0.05, 0.1) is 16.7 Å². The van der Waals surface area contributed by atoms with Gasteiger partial charge < -0.3 is 16.0 Å². The van der Waals surface area contributed by atoms with E-state index in [1.165, 1.54) is 0 Å². The minimum atomic E-state index is -0.267. The average Bonchev–Trinajstić information content (AvgIpc) is 3.00. The molecular weight excluding hydrogens is 324 g/mol. The van der Waals surface area contributed by atoms with Crippen LogP contribution in [0.2, 0.25) is 0 Å². The molecule has 0 aliphatic carbocycles. The Morgan fingerprint density at radius 1 is 1.29 bits per heavy atom. The van der Waals surface area contributed by atoms with Crippen LogP contribution in [0, 0.1) is 6.92 Å². The summed E-state index contributed by atoms with van der Waals surface area (Å²) in [6.07, 6.45) is 0. The van der Waals surface area contributed by atoms with Crippen molar-refractivity contribution < 1.29 is 9.59 Å². The van der Waals surface area contributed by atoms with E-state index in [0.29, 0.717) is 18.7 Å². The summed E-state index contributed by atoms with van der Waals surface area (Å²) < 4.78 is 0. The van der Waals surface area contributed by atoms with Crippen molar-refractivity contribution in [3.63, 3.8) is 0 Å². The molecule has 24 heavy (non-hydrogen) atoms. The molecule has 0 aliphatic rings. The maximum absolute atomic E-state index is 12.0. The predicted octanol–water partition coefficient (Wildman–Crippen LogP) is 2.76. The lowest BCUT2D eigenvalue weighted by atomic mass is 10.1. The molecular formula is C17H22N4O2S. The summed E-state index contributed by atoms with van der Waals surface area (Å²) >= 11 is 1.56. The number of benzene rings is 1. The molecule has 3 N–H and O–H groups in total. The largest absolute Gasteiger partial charge is 0.352 e. The van der Waals surface area contributed by atoms with E-state index < -0.39 is 0 Å². The highest BCUT2D eigenvalue weighted by Gasteiger charge is 2.12. The van der Waals surface area contributed by atoms with Crippen molar-refractivity contribution in [3.05, 3.63) is 51.5 Å². The van der Waals surface area contributed by atoms with Crippen LogP contribution in [0.25, 0.3) is 0 Å². The first-order valence-corrected chi connectivity index (χ1v) is 8.71. The Morgan fingerprint density at radius 3 is 2.75 bits per heavy atom. The Labute approximate surface area is 145 Å². The Balaban J connectivity index is 1.87. The Kier molecular flexibility index (Phi) is 6.31. The molecule has 0 bridgehead atoms. The number of aromatic nitrogens is 1. The fourth-order valence-corrected chi connectivity index (χ4v) is 2.87. The van der Waals surface area contributed by atoms with Crippen LogP contribution >= 0.6 is 11.3 Å². The summed E-state index contributed by atoms with van der Waals surface area (Å²) in [4.78, 5) is 28.2. The number of carbonyl (C=O) groups is 2. The third-order valence-electron chi connectivity index (χ3n) is 3.41. The highest BCUT2D eigenvalue weighted by Crippen LogP contribution is 2.15. The van der Waals surface area contributed by atoms with E-state index in [9.17, 15) is 9.59 Å². The third-order valence-corrected chi connectivity index (χ3v) is 4.20. The Bertz CT molecular complexity index is 714. The van der Waals surface area contributed by atoms with E-state index in [0.717, 1.165) is 16.3 Å². The van der Waals surface area contributed by atoms with Gasteiger partial charge in [0.25, 0.3) is 5.91 Å². The molecule has 128 valence electrons. The normalized spacial score (nSPS) is 11.6. The van der Waals surface area contributed by atoms with E-state index in [2.05, 4.69) is 20.9 Å². The maximum Gasteiger partial charge on any atom is 0.315 e. The van der Waals surface area contributed by atoms with Crippen molar-refractivity contribution in [2.75, 3.05) is 6.54 Å². The Hall–Kier alpha value is -2.41. The number of hydrogen-bond acceptors (Lipinski definition) is 4. The standard InChI is InChI=1S/C17H22N4O2S/c1-4-18-16(22)14-7-5-6-13(8-14)9-19-17(23)20-11(2)15-10-24-12(3)21-15/h5-8,10-11H,4,9H2,1-3H3,(H,18,22)(H2,19,20,23). The number of rotatable bonds is 6. The van der Waals surface area contributed by atoms with Gasteiger partial charge in [-0.25, -0.2) is 9.78 Å². The van der Waals surface area contributed by atoms with Gasteiger partial charge in [-0.15, -0.1) is 11.3 Å². The van der Waals surface area contributed by atoms with Crippen molar-refractivity contribution in [3.8, 4) is 0 Å². The molecule has 0 spiro atoms. The zero-order valence-corrected chi connectivity index (χ0v) is 14.9. The van der Waals surface area contributed by atoms with Crippen LogP contribution in [0.1, 0.15) is 46.5 Å². The predicted molar refractivity (Wildman–Crippen MR) is 95.1 cm³/mol. The number of nitrogens with one attached hydrogen (secondary N) is 3. The second kappa shape index (κ2) is 8.44. The molecule has 1 aromatic heterocycles. The molecule has 0 fully saturated rings. The molecule has 1 atom stereocenters. The van der Waals surface area contributed by atoms with E-state index in [1.54, 1.807) is 29.5 Å². The minimum Gasteiger partial charge on any atom is -0.352 e. The lowest BCUT2D eigenvalue weighted by Crippen LogP contribution is -2.36. The van der Waals surface area contributed by atoms with Crippen molar-refractivity contribution in [2.24, 2.45) is 0 Å². The lowest BCUT2D eigenvalue weighted by molar-refractivity contribution is 0.0955. The lowest BCUT2D eigenvalue weighted by Gasteiger charge is -2.13. The van der Waals surface area contributed by atoms with Crippen LogP contribution in [0.5, 0.6) is 0 Å². The summed E-state index contributed by atoms with van der Waals surface area (Å²) in [5.41, 5.74) is 2.31. The highest BCUT2D eigenvalue weighted by molar-refractivity contribution is 7.09. The van der Waals surface area contributed by atoms with Crippen LogP contribution in [-0.2, 0) is 6.54 Å². The molecule has 0 radical (unpaired) electrons. The van der Waals surface area contributed by atoms with Gasteiger partial charge in [-0.05, 0) is 38.5 Å². The van der Waals surface area contributed by atoms with Gasteiger partial charge >= 0.3 is 6.03 Å². The SMILES string of the molecule is CCNC(=O)c1cccc(CNC(=O)NC(C)c2csc(C)n2)c1. The molecule has 0 saturated carbocycles. The van der Waals surface area contributed by atoms with Gasteiger partial charge in [-0.3, -0.25) is 4.79 Å². The number of urea groups is 1. The zero-order chi connectivity index (χ0) is 17.5. The summed E-state index contributed by atoms with van der Waals surface area (Å²) in [6, 6.07) is 6.78. The van der Waals surface area contributed by atoms with E-state index in [1.807, 2.05) is 32.2 Å². The third kappa shape index (κ3) is 5.06. The van der Waals surface area contributed by atoms with Crippen LogP contribution < -0.4 is 16.0 Å². The van der Waals surface area contributed by atoms with E-state index in [4.69, 9.17) is 0 Å². The van der Waals surface area contributed by atoms with Crippen LogP contribution in [-0.4, -0.2) is 23.5 Å². The summed E-state index contributed by atoms with van der Waals surface area (Å²) in [6.45, 7) is 6.63. The minimum absolute atomic E-state index is 0.115. The number of amides is 3. The van der Waals surface area contributed by atoms with Crippen molar-refractivity contribution >= 4 is 23.3 Å². The van der Waals surface area contributed by atoms with Crippen molar-refractivity contribution in [1.29, 1.82) is 0 Å². The molecule has 1 aromatic carbocycles. The fourth-order valence-electron chi connectivity index (χ4n) is 2.17. The van der Waals surface area contributed by atoms with E-state index in [-0.39, 0.29) is 18.0 Å². The molecule has 6 nitrogen and oxygen atoms in total. The number of nitrogens with zero attached hydrogens (tertiary/aromatic N) is 1. The second-order valence-corrected chi connectivity index (χ2v) is 6.46. The van der Waals surface area contributed by atoms with Gasteiger partial charge in [0.2, 0.25) is 0 Å². The van der Waals surface area contributed by atoms with E-state index >= 15 is 0 Å². The smallest absolute Gasteiger partial charge is 0.315 e. The number of carbonyl (C=O) groups excluding carboxylic acids is 2. The Morgan fingerprint density at radius 2 is 2.08 bits per heavy atom. The molecule has 0 aliphatic heterocycles. The molecule has 2 rings (SSSR count). The first-order valence-electron chi connectivity index (χ1n) is 7.83. The van der Waals surface area contributed by atoms with Gasteiger partial charge in [-0.2, -0.15) is 0 Å². The number of hydrogen-bond donors (Lipinski definition) is 3. The highest BCUT2D eigenvalue weighted by atomic mass is 32.1. The number of thiazole rings is 1. The van der Waals surface area contributed by atoms with Crippen molar-refractivity contribution in [2.45, 2.75) is 33.4 Å². The van der Waals surface area contributed by atoms with Crippen LogP contribution in [0.15, 0.2) is 29.6 Å². The van der Waals surface area contributed by atoms with Gasteiger partial charge in [-0.1, -0.05) is 12.1 Å². The average molecular weight is 346 g/mol. The van der Waals surface area contributed by atoms with Gasteiger partial charge in [0, 0.05) is 24.0 Å². The quantitative estimate of drug-likeness (QED) is 0.752.